The van der Waals surface area contributed by atoms with Gasteiger partial charge in [-0.25, -0.2) is 4.98 Å². The van der Waals surface area contributed by atoms with Crippen LogP contribution in [0.2, 0.25) is 0 Å². The number of carbonyl (C=O) groups excluding carboxylic acids is 2. The first kappa shape index (κ1) is 20.2. The zero-order valence-corrected chi connectivity index (χ0v) is 17.9. The van der Waals surface area contributed by atoms with Crippen LogP contribution < -0.4 is 5.32 Å². The molecule has 7 nitrogen and oxygen atoms in total. The fourth-order valence-electron chi connectivity index (χ4n) is 5.94. The molecule has 0 saturated carbocycles. The number of fused-ring (bicyclic) bond motifs is 4. The lowest BCUT2D eigenvalue weighted by molar-refractivity contribution is -0.153. The normalized spacial score (nSPS) is 28.3. The number of imidazole rings is 1. The molecule has 0 unspecified atom stereocenters. The molecule has 3 aliphatic rings. The van der Waals surface area contributed by atoms with E-state index in [1.165, 1.54) is 0 Å². The van der Waals surface area contributed by atoms with E-state index in [9.17, 15) is 9.59 Å². The molecule has 2 bridgehead atoms. The van der Waals surface area contributed by atoms with Crippen molar-refractivity contribution in [3.63, 3.8) is 0 Å². The number of rotatable bonds is 6. The predicted octanol–water partition coefficient (Wildman–Crippen LogP) is 1.97. The number of nitrogens with zero attached hydrogens (tertiary/aromatic N) is 3. The molecule has 3 fully saturated rings. The van der Waals surface area contributed by atoms with Gasteiger partial charge < -0.3 is 15.2 Å². The van der Waals surface area contributed by atoms with Crippen molar-refractivity contribution in [2.24, 2.45) is 11.8 Å². The number of nitrogens with one attached hydrogen (secondary N) is 2. The molecule has 0 radical (unpaired) electrons. The summed E-state index contributed by atoms with van der Waals surface area (Å²) in [6.07, 6.45) is 7.85. The molecule has 5 rings (SSSR count). The molecule has 7 heteroatoms. The number of aromatic amines is 1. The van der Waals surface area contributed by atoms with Gasteiger partial charge in [0.25, 0.3) is 0 Å². The zero-order chi connectivity index (χ0) is 21.2. The Morgan fingerprint density at radius 1 is 1.19 bits per heavy atom. The van der Waals surface area contributed by atoms with E-state index in [-0.39, 0.29) is 17.9 Å². The number of hydrogen-bond donors (Lipinski definition) is 2. The Balaban J connectivity index is 1.29. The third-order valence-electron chi connectivity index (χ3n) is 7.24. The van der Waals surface area contributed by atoms with Gasteiger partial charge in [0.1, 0.15) is 0 Å². The fourth-order valence-corrected chi connectivity index (χ4v) is 5.94. The summed E-state index contributed by atoms with van der Waals surface area (Å²) in [4.78, 5) is 37.6. The molecule has 1 aromatic heterocycles. The van der Waals surface area contributed by atoms with Gasteiger partial charge in [-0.3, -0.25) is 14.5 Å². The van der Waals surface area contributed by atoms with Crippen molar-refractivity contribution < 1.29 is 9.59 Å². The van der Waals surface area contributed by atoms with Gasteiger partial charge in [0.05, 0.1) is 18.8 Å². The third kappa shape index (κ3) is 4.37. The largest absolute Gasteiger partial charge is 0.354 e. The second kappa shape index (κ2) is 8.83. The maximum absolute atomic E-state index is 12.9. The van der Waals surface area contributed by atoms with E-state index in [4.69, 9.17) is 0 Å². The standard InChI is InChI=1S/C24H31N5O2/c30-23(9-17-5-2-1-3-6-17)26-12-22-19-10-18(21-7-4-8-24(31)29(21)22)13-28(14-19)15-20-11-25-16-27-20/h1-3,5-6,11,16,18-19,21-22H,4,7-10,12-15H2,(H,25,27)(H,26,30)/t18-,19-,21-,22-/m0/s1. The van der Waals surface area contributed by atoms with Crippen LogP contribution >= 0.6 is 0 Å². The van der Waals surface area contributed by atoms with E-state index < -0.39 is 0 Å². The van der Waals surface area contributed by atoms with E-state index in [0.717, 1.165) is 50.2 Å². The van der Waals surface area contributed by atoms with Crippen LogP contribution in [0.25, 0.3) is 0 Å². The topological polar surface area (TPSA) is 81.3 Å². The molecule has 31 heavy (non-hydrogen) atoms. The minimum atomic E-state index is 0.0273. The molecular formula is C24H31N5O2. The average molecular weight is 422 g/mol. The molecule has 4 atom stereocenters. The lowest BCUT2D eigenvalue weighted by Crippen LogP contribution is -2.67. The summed E-state index contributed by atoms with van der Waals surface area (Å²) in [7, 11) is 0. The van der Waals surface area contributed by atoms with Crippen LogP contribution in [0.15, 0.2) is 42.9 Å². The van der Waals surface area contributed by atoms with Gasteiger partial charge in [-0.05, 0) is 36.7 Å². The second-order valence-corrected chi connectivity index (χ2v) is 9.32. The molecule has 3 aliphatic heterocycles. The Labute approximate surface area is 183 Å². The maximum atomic E-state index is 12.9. The van der Waals surface area contributed by atoms with E-state index in [0.29, 0.717) is 37.3 Å². The summed E-state index contributed by atoms with van der Waals surface area (Å²) in [6.45, 7) is 3.38. The Hall–Kier alpha value is -2.67. The summed E-state index contributed by atoms with van der Waals surface area (Å²) in [5, 5.41) is 3.15. The van der Waals surface area contributed by atoms with Gasteiger partial charge in [-0.15, -0.1) is 0 Å². The number of hydrogen-bond acceptors (Lipinski definition) is 4. The van der Waals surface area contributed by atoms with Crippen molar-refractivity contribution >= 4 is 11.8 Å². The van der Waals surface area contributed by atoms with Crippen LogP contribution in [0.4, 0.5) is 0 Å². The number of amides is 2. The number of carbonyl (C=O) groups is 2. The van der Waals surface area contributed by atoms with Crippen molar-refractivity contribution in [2.45, 2.75) is 50.7 Å². The first-order valence-electron chi connectivity index (χ1n) is 11.5. The quantitative estimate of drug-likeness (QED) is 0.747. The highest BCUT2D eigenvalue weighted by Crippen LogP contribution is 2.41. The van der Waals surface area contributed by atoms with Gasteiger partial charge in [0, 0.05) is 50.5 Å². The summed E-state index contributed by atoms with van der Waals surface area (Å²) in [5.41, 5.74) is 2.14. The Morgan fingerprint density at radius 3 is 2.84 bits per heavy atom. The SMILES string of the molecule is O=C(Cc1ccccc1)NC[C@H]1[C@H]2C[C@@H](CN(Cc3cnc[nH]3)C2)[C@@H]2CCCC(=O)N21. The lowest BCUT2D eigenvalue weighted by atomic mass is 9.72. The number of benzene rings is 1. The van der Waals surface area contributed by atoms with Crippen molar-refractivity contribution in [1.82, 2.24) is 25.1 Å². The molecule has 3 saturated heterocycles. The number of piperidine rings is 3. The molecule has 0 aliphatic carbocycles. The highest BCUT2D eigenvalue weighted by atomic mass is 16.2. The van der Waals surface area contributed by atoms with Crippen molar-refractivity contribution in [1.29, 1.82) is 0 Å². The Kier molecular flexibility index (Phi) is 5.76. The van der Waals surface area contributed by atoms with Gasteiger partial charge in [-0.2, -0.15) is 0 Å². The number of H-pyrrole nitrogens is 1. The van der Waals surface area contributed by atoms with Gasteiger partial charge in [0.15, 0.2) is 0 Å². The molecule has 4 heterocycles. The van der Waals surface area contributed by atoms with E-state index in [1.54, 1.807) is 6.33 Å². The first-order valence-corrected chi connectivity index (χ1v) is 11.5. The van der Waals surface area contributed by atoms with Crippen LogP contribution in [0.3, 0.4) is 0 Å². The van der Waals surface area contributed by atoms with Gasteiger partial charge in [0.2, 0.25) is 11.8 Å². The Bertz CT molecular complexity index is 900. The number of likely N-dealkylation sites (tertiary alicyclic amines) is 1. The minimum Gasteiger partial charge on any atom is -0.354 e. The molecule has 0 spiro atoms. The maximum Gasteiger partial charge on any atom is 0.224 e. The number of aromatic nitrogens is 2. The van der Waals surface area contributed by atoms with Crippen LogP contribution in [0.1, 0.15) is 36.9 Å². The molecule has 1 aromatic carbocycles. The second-order valence-electron chi connectivity index (χ2n) is 9.32. The molecular weight excluding hydrogens is 390 g/mol. The molecule has 2 aromatic rings. The van der Waals surface area contributed by atoms with Crippen molar-refractivity contribution in [3.8, 4) is 0 Å². The smallest absolute Gasteiger partial charge is 0.224 e. The summed E-state index contributed by atoms with van der Waals surface area (Å²) < 4.78 is 0. The first-order chi connectivity index (χ1) is 15.2. The minimum absolute atomic E-state index is 0.0273. The fraction of sp³-hybridized carbons (Fsp3) is 0.542. The third-order valence-corrected chi connectivity index (χ3v) is 7.24. The summed E-state index contributed by atoms with van der Waals surface area (Å²) in [6, 6.07) is 10.2. The van der Waals surface area contributed by atoms with Crippen LogP contribution in [0, 0.1) is 11.8 Å². The summed E-state index contributed by atoms with van der Waals surface area (Å²) >= 11 is 0. The molecule has 2 N–H and O–H groups in total. The lowest BCUT2D eigenvalue weighted by Gasteiger charge is -2.56. The van der Waals surface area contributed by atoms with Crippen LogP contribution in [-0.4, -0.2) is 63.3 Å². The van der Waals surface area contributed by atoms with E-state index in [1.807, 2.05) is 36.5 Å². The monoisotopic (exact) mass is 421 g/mol. The van der Waals surface area contributed by atoms with E-state index >= 15 is 0 Å². The van der Waals surface area contributed by atoms with Crippen molar-refractivity contribution in [2.75, 3.05) is 19.6 Å². The van der Waals surface area contributed by atoms with Crippen molar-refractivity contribution in [3.05, 3.63) is 54.1 Å². The highest BCUT2D eigenvalue weighted by Gasteiger charge is 2.49. The van der Waals surface area contributed by atoms with Crippen LogP contribution in [-0.2, 0) is 22.6 Å². The van der Waals surface area contributed by atoms with E-state index in [2.05, 4.69) is 25.1 Å². The molecule has 164 valence electrons. The average Bonchev–Trinajstić information content (AvgIpc) is 3.28. The predicted molar refractivity (Wildman–Crippen MR) is 117 cm³/mol. The highest BCUT2D eigenvalue weighted by molar-refractivity contribution is 5.79. The van der Waals surface area contributed by atoms with Crippen LogP contribution in [0.5, 0.6) is 0 Å². The molecule has 2 amide bonds. The Morgan fingerprint density at radius 2 is 2.03 bits per heavy atom. The summed E-state index contributed by atoms with van der Waals surface area (Å²) in [5.74, 6) is 1.20. The van der Waals surface area contributed by atoms with Gasteiger partial charge >= 0.3 is 0 Å². The van der Waals surface area contributed by atoms with Gasteiger partial charge in [-0.1, -0.05) is 30.3 Å². The zero-order valence-electron chi connectivity index (χ0n) is 17.9.